The number of phenolic OH excluding ortho intramolecular Hbond substituents is 1. The predicted octanol–water partition coefficient (Wildman–Crippen LogP) is 2.46. The highest BCUT2D eigenvalue weighted by atomic mass is 16.3. The van der Waals surface area contributed by atoms with Crippen molar-refractivity contribution in [3.8, 4) is 11.4 Å². The summed E-state index contributed by atoms with van der Waals surface area (Å²) in [6.45, 7) is 0. The van der Waals surface area contributed by atoms with Gasteiger partial charge >= 0.3 is 0 Å². The minimum Gasteiger partial charge on any atom is -0.508 e. The van der Waals surface area contributed by atoms with Gasteiger partial charge in [0.05, 0.1) is 17.7 Å². The molecule has 1 N–H and O–H groups in total. The van der Waals surface area contributed by atoms with Gasteiger partial charge in [0.25, 0.3) is 0 Å². The van der Waals surface area contributed by atoms with Crippen LogP contribution in [0, 0.1) is 0 Å². The van der Waals surface area contributed by atoms with Crippen LogP contribution in [0.3, 0.4) is 0 Å². The van der Waals surface area contributed by atoms with Crippen LogP contribution >= 0.6 is 0 Å². The maximum absolute atomic E-state index is 9.48. The van der Waals surface area contributed by atoms with Crippen LogP contribution in [-0.2, 0) is 12.8 Å². The lowest BCUT2D eigenvalue weighted by Crippen LogP contribution is -2.06. The third-order valence-electron chi connectivity index (χ3n) is 3.14. The fourth-order valence-corrected chi connectivity index (χ4v) is 2.33. The van der Waals surface area contributed by atoms with Gasteiger partial charge in [-0.2, -0.15) is 0 Å². The van der Waals surface area contributed by atoms with E-state index < -0.39 is 0 Å². The minimum atomic E-state index is 0.302. The largest absolute Gasteiger partial charge is 0.508 e. The number of hydrogen-bond donors (Lipinski definition) is 1. The first kappa shape index (κ1) is 9.46. The molecule has 0 aliphatic heterocycles. The topological polar surface area (TPSA) is 38.0 Å². The first-order valence-electron chi connectivity index (χ1n) is 5.69. The molecule has 0 saturated heterocycles. The number of rotatable bonds is 1. The van der Waals surface area contributed by atoms with E-state index in [2.05, 4.69) is 9.55 Å². The molecule has 3 nitrogen and oxygen atoms in total. The van der Waals surface area contributed by atoms with Crippen LogP contribution in [0.25, 0.3) is 5.69 Å². The third kappa shape index (κ3) is 1.48. The van der Waals surface area contributed by atoms with Crippen molar-refractivity contribution >= 4 is 0 Å². The van der Waals surface area contributed by atoms with Crippen LogP contribution in [0.1, 0.15) is 24.2 Å². The van der Waals surface area contributed by atoms with Crippen molar-refractivity contribution in [2.45, 2.75) is 25.7 Å². The standard InChI is InChI=1S/C13H14N2O/c16-11-5-3-4-10(8-11)15-9-14-12-6-1-2-7-13(12)15/h3-5,8-9,16H,1-2,6-7H2. The van der Waals surface area contributed by atoms with Gasteiger partial charge in [-0.1, -0.05) is 6.07 Å². The molecule has 1 heterocycles. The van der Waals surface area contributed by atoms with Gasteiger partial charge in [-0.05, 0) is 37.8 Å². The van der Waals surface area contributed by atoms with E-state index in [1.54, 1.807) is 12.1 Å². The quantitative estimate of drug-likeness (QED) is 0.791. The summed E-state index contributed by atoms with van der Waals surface area (Å²) in [6.07, 6.45) is 6.51. The Morgan fingerprint density at radius 1 is 1.19 bits per heavy atom. The van der Waals surface area contributed by atoms with Crippen LogP contribution in [0.15, 0.2) is 30.6 Å². The van der Waals surface area contributed by atoms with E-state index in [0.29, 0.717) is 5.75 Å². The second-order valence-electron chi connectivity index (χ2n) is 4.23. The Hall–Kier alpha value is -1.77. The molecule has 0 unspecified atom stereocenters. The summed E-state index contributed by atoms with van der Waals surface area (Å²) in [7, 11) is 0. The van der Waals surface area contributed by atoms with E-state index in [4.69, 9.17) is 0 Å². The first-order valence-corrected chi connectivity index (χ1v) is 5.69. The molecule has 0 saturated carbocycles. The molecule has 0 fully saturated rings. The number of aromatic hydroxyl groups is 1. The average Bonchev–Trinajstić information content (AvgIpc) is 2.72. The van der Waals surface area contributed by atoms with E-state index >= 15 is 0 Å². The van der Waals surface area contributed by atoms with E-state index in [0.717, 1.165) is 18.5 Å². The number of imidazole rings is 1. The van der Waals surface area contributed by atoms with Gasteiger partial charge in [0.2, 0.25) is 0 Å². The normalized spacial score (nSPS) is 14.8. The van der Waals surface area contributed by atoms with E-state index in [1.165, 1.54) is 24.2 Å². The zero-order valence-corrected chi connectivity index (χ0v) is 9.06. The van der Waals surface area contributed by atoms with Crippen molar-refractivity contribution in [3.63, 3.8) is 0 Å². The third-order valence-corrected chi connectivity index (χ3v) is 3.14. The van der Waals surface area contributed by atoms with Gasteiger partial charge < -0.3 is 9.67 Å². The smallest absolute Gasteiger partial charge is 0.117 e. The van der Waals surface area contributed by atoms with Gasteiger partial charge in [-0.3, -0.25) is 0 Å². The van der Waals surface area contributed by atoms with Crippen molar-refractivity contribution in [3.05, 3.63) is 42.0 Å². The summed E-state index contributed by atoms with van der Waals surface area (Å²) in [5.74, 6) is 0.302. The van der Waals surface area contributed by atoms with Crippen molar-refractivity contribution in [1.29, 1.82) is 0 Å². The molecule has 0 atom stereocenters. The Morgan fingerprint density at radius 2 is 2.06 bits per heavy atom. The van der Waals surface area contributed by atoms with Crippen molar-refractivity contribution in [2.75, 3.05) is 0 Å². The van der Waals surface area contributed by atoms with E-state index in [1.807, 2.05) is 18.5 Å². The minimum absolute atomic E-state index is 0.302. The fourth-order valence-electron chi connectivity index (χ4n) is 2.33. The lowest BCUT2D eigenvalue weighted by Gasteiger charge is -2.14. The van der Waals surface area contributed by atoms with E-state index in [9.17, 15) is 5.11 Å². The van der Waals surface area contributed by atoms with Crippen LogP contribution < -0.4 is 0 Å². The van der Waals surface area contributed by atoms with Gasteiger partial charge in [0, 0.05) is 11.8 Å². The van der Waals surface area contributed by atoms with E-state index in [-0.39, 0.29) is 0 Å². The van der Waals surface area contributed by atoms with Gasteiger partial charge in [0.15, 0.2) is 0 Å². The molecule has 1 aliphatic rings. The molecule has 3 heteroatoms. The summed E-state index contributed by atoms with van der Waals surface area (Å²) in [5.41, 5.74) is 3.52. The Labute approximate surface area is 94.4 Å². The van der Waals surface area contributed by atoms with Gasteiger partial charge in [-0.15, -0.1) is 0 Å². The summed E-state index contributed by atoms with van der Waals surface area (Å²) >= 11 is 0. The predicted molar refractivity (Wildman–Crippen MR) is 61.9 cm³/mol. The number of fused-ring (bicyclic) bond motifs is 1. The number of aryl methyl sites for hydroxylation is 1. The molecule has 1 aromatic carbocycles. The van der Waals surface area contributed by atoms with Crippen molar-refractivity contribution in [1.82, 2.24) is 9.55 Å². The lowest BCUT2D eigenvalue weighted by atomic mass is 10.0. The molecule has 0 spiro atoms. The molecule has 1 aliphatic carbocycles. The Kier molecular flexibility index (Phi) is 2.17. The molecule has 2 aromatic rings. The second kappa shape index (κ2) is 3.67. The number of hydrogen-bond acceptors (Lipinski definition) is 2. The Balaban J connectivity index is 2.09. The maximum Gasteiger partial charge on any atom is 0.117 e. The van der Waals surface area contributed by atoms with Crippen LogP contribution in [0.5, 0.6) is 5.75 Å². The first-order chi connectivity index (χ1) is 7.84. The summed E-state index contributed by atoms with van der Waals surface area (Å²) < 4.78 is 2.09. The molecule has 82 valence electrons. The summed E-state index contributed by atoms with van der Waals surface area (Å²) in [5, 5.41) is 9.48. The van der Waals surface area contributed by atoms with Crippen molar-refractivity contribution < 1.29 is 5.11 Å². The molecular formula is C13H14N2O. The summed E-state index contributed by atoms with van der Waals surface area (Å²) in [4.78, 5) is 4.44. The van der Waals surface area contributed by atoms with Gasteiger partial charge in [-0.25, -0.2) is 4.98 Å². The second-order valence-corrected chi connectivity index (χ2v) is 4.23. The molecule has 0 radical (unpaired) electrons. The monoisotopic (exact) mass is 214 g/mol. The lowest BCUT2D eigenvalue weighted by molar-refractivity contribution is 0.475. The molecule has 0 bridgehead atoms. The zero-order valence-electron chi connectivity index (χ0n) is 9.06. The van der Waals surface area contributed by atoms with Crippen molar-refractivity contribution in [2.24, 2.45) is 0 Å². The average molecular weight is 214 g/mol. The fraction of sp³-hybridized carbons (Fsp3) is 0.308. The highest BCUT2D eigenvalue weighted by Crippen LogP contribution is 2.24. The van der Waals surface area contributed by atoms with Crippen LogP contribution in [0.4, 0.5) is 0 Å². The molecule has 16 heavy (non-hydrogen) atoms. The molecular weight excluding hydrogens is 200 g/mol. The SMILES string of the molecule is Oc1cccc(-n2cnc3c2CCCC3)c1. The molecule has 3 rings (SSSR count). The number of phenols is 1. The highest BCUT2D eigenvalue weighted by molar-refractivity contribution is 5.41. The maximum atomic E-state index is 9.48. The number of nitrogens with zero attached hydrogens (tertiary/aromatic N) is 2. The Morgan fingerprint density at radius 3 is 2.94 bits per heavy atom. The number of aromatic nitrogens is 2. The number of benzene rings is 1. The highest BCUT2D eigenvalue weighted by Gasteiger charge is 2.15. The van der Waals surface area contributed by atoms with Crippen LogP contribution in [0.2, 0.25) is 0 Å². The Bertz CT molecular complexity index is 516. The van der Waals surface area contributed by atoms with Gasteiger partial charge in [0.1, 0.15) is 5.75 Å². The van der Waals surface area contributed by atoms with Crippen LogP contribution in [-0.4, -0.2) is 14.7 Å². The zero-order chi connectivity index (χ0) is 11.0. The molecule has 1 aromatic heterocycles. The molecule has 0 amide bonds. The summed E-state index contributed by atoms with van der Waals surface area (Å²) in [6, 6.07) is 7.32.